The molecule has 158 valence electrons. The van der Waals surface area contributed by atoms with Crippen molar-refractivity contribution in [3.8, 4) is 0 Å². The maximum absolute atomic E-state index is 14.7. The van der Waals surface area contributed by atoms with Crippen LogP contribution in [0, 0.1) is 29.4 Å². The Bertz CT molecular complexity index is 735. The third kappa shape index (κ3) is 5.90. The maximum atomic E-state index is 14.7. The van der Waals surface area contributed by atoms with Crippen molar-refractivity contribution in [2.45, 2.75) is 77.6 Å². The number of aryl methyl sites for hydroxylation is 1. The van der Waals surface area contributed by atoms with Gasteiger partial charge < -0.3 is 0 Å². The Morgan fingerprint density at radius 3 is 2.48 bits per heavy atom. The lowest BCUT2D eigenvalue weighted by molar-refractivity contribution is 0.294. The minimum absolute atomic E-state index is 0.438. The summed E-state index contributed by atoms with van der Waals surface area (Å²) in [4.78, 5) is 0. The second-order valence-corrected chi connectivity index (χ2v) is 8.94. The Balaban J connectivity index is 1.52. The SMILES string of the molecule is C=CC1CC=C(c2ccc(CC/C=C/[C@H]3CC[C@H](CCC)CC3)c(F)c2F)CC1. The smallest absolute Gasteiger partial charge is 0.166 e. The van der Waals surface area contributed by atoms with E-state index in [0.717, 1.165) is 37.2 Å². The van der Waals surface area contributed by atoms with E-state index in [-0.39, 0.29) is 0 Å². The monoisotopic (exact) mass is 398 g/mol. The zero-order valence-corrected chi connectivity index (χ0v) is 17.9. The van der Waals surface area contributed by atoms with E-state index < -0.39 is 11.6 Å². The van der Waals surface area contributed by atoms with E-state index >= 15 is 0 Å². The van der Waals surface area contributed by atoms with Gasteiger partial charge in [0.1, 0.15) is 0 Å². The molecule has 0 saturated heterocycles. The number of hydrogen-bond acceptors (Lipinski definition) is 0. The average molecular weight is 399 g/mol. The Morgan fingerprint density at radius 1 is 1.03 bits per heavy atom. The van der Waals surface area contributed by atoms with Gasteiger partial charge in [0.05, 0.1) is 0 Å². The molecule has 3 rings (SSSR count). The molecule has 2 aliphatic rings. The first-order valence-corrected chi connectivity index (χ1v) is 11.6. The fraction of sp³-hybridized carbons (Fsp3) is 0.556. The normalized spacial score (nSPS) is 25.2. The first kappa shape index (κ1) is 22.0. The van der Waals surface area contributed by atoms with Gasteiger partial charge in [0.25, 0.3) is 0 Å². The number of allylic oxidation sites excluding steroid dienone is 5. The molecular weight excluding hydrogens is 362 g/mol. The zero-order chi connectivity index (χ0) is 20.6. The number of halogens is 2. The van der Waals surface area contributed by atoms with Gasteiger partial charge in [-0.2, -0.15) is 0 Å². The number of rotatable bonds is 8. The van der Waals surface area contributed by atoms with Crippen molar-refractivity contribution in [2.75, 3.05) is 0 Å². The van der Waals surface area contributed by atoms with Gasteiger partial charge in [-0.05, 0) is 86.7 Å². The topological polar surface area (TPSA) is 0 Å². The highest BCUT2D eigenvalue weighted by molar-refractivity contribution is 5.67. The van der Waals surface area contributed by atoms with Crippen LogP contribution in [0.3, 0.4) is 0 Å². The van der Waals surface area contributed by atoms with Crippen molar-refractivity contribution in [3.05, 3.63) is 65.8 Å². The van der Waals surface area contributed by atoms with Gasteiger partial charge in [0, 0.05) is 5.56 Å². The molecule has 1 fully saturated rings. The van der Waals surface area contributed by atoms with Crippen LogP contribution in [0.15, 0.2) is 43.0 Å². The van der Waals surface area contributed by atoms with Gasteiger partial charge in [-0.1, -0.05) is 56.2 Å². The third-order valence-electron chi connectivity index (χ3n) is 6.87. The van der Waals surface area contributed by atoms with Crippen LogP contribution in [0.4, 0.5) is 8.78 Å². The van der Waals surface area contributed by atoms with Crippen LogP contribution in [0.25, 0.3) is 5.57 Å². The third-order valence-corrected chi connectivity index (χ3v) is 6.87. The van der Waals surface area contributed by atoms with Gasteiger partial charge in [-0.15, -0.1) is 6.58 Å². The quantitative estimate of drug-likeness (QED) is 0.385. The molecule has 1 aromatic carbocycles. The molecule has 1 aromatic rings. The first-order chi connectivity index (χ1) is 14.1. The first-order valence-electron chi connectivity index (χ1n) is 11.6. The average Bonchev–Trinajstić information content (AvgIpc) is 2.75. The van der Waals surface area contributed by atoms with Crippen LogP contribution in [0.2, 0.25) is 0 Å². The second kappa shape index (κ2) is 10.9. The Labute approximate surface area is 175 Å². The van der Waals surface area contributed by atoms with Crippen LogP contribution >= 0.6 is 0 Å². The molecule has 1 unspecified atom stereocenters. The van der Waals surface area contributed by atoms with Gasteiger partial charge in [-0.3, -0.25) is 0 Å². The Morgan fingerprint density at radius 2 is 1.83 bits per heavy atom. The minimum atomic E-state index is -0.677. The summed E-state index contributed by atoms with van der Waals surface area (Å²) in [7, 11) is 0. The molecule has 0 heterocycles. The lowest BCUT2D eigenvalue weighted by Gasteiger charge is -2.26. The van der Waals surface area contributed by atoms with Crippen LogP contribution in [0.1, 0.15) is 82.3 Å². The van der Waals surface area contributed by atoms with Crippen molar-refractivity contribution < 1.29 is 8.78 Å². The van der Waals surface area contributed by atoms with Crippen molar-refractivity contribution in [3.63, 3.8) is 0 Å². The summed E-state index contributed by atoms with van der Waals surface area (Å²) in [5.41, 5.74) is 1.86. The van der Waals surface area contributed by atoms with Crippen LogP contribution in [0.5, 0.6) is 0 Å². The zero-order valence-electron chi connectivity index (χ0n) is 17.9. The molecule has 0 radical (unpaired) electrons. The summed E-state index contributed by atoms with van der Waals surface area (Å²) in [6.45, 7) is 6.10. The van der Waals surface area contributed by atoms with Crippen molar-refractivity contribution in [1.82, 2.24) is 0 Å². The molecular formula is C27H36F2. The minimum Gasteiger partial charge on any atom is -0.203 e. The van der Waals surface area contributed by atoms with E-state index in [0.29, 0.717) is 29.4 Å². The predicted molar refractivity (Wildman–Crippen MR) is 120 cm³/mol. The summed E-state index contributed by atoms with van der Waals surface area (Å²) in [5, 5.41) is 0. The van der Waals surface area contributed by atoms with Crippen LogP contribution < -0.4 is 0 Å². The fourth-order valence-electron chi connectivity index (χ4n) is 4.95. The Kier molecular flexibility index (Phi) is 8.27. The molecule has 1 atom stereocenters. The van der Waals surface area contributed by atoms with Crippen molar-refractivity contribution in [1.29, 1.82) is 0 Å². The second-order valence-electron chi connectivity index (χ2n) is 8.94. The van der Waals surface area contributed by atoms with E-state index in [1.54, 1.807) is 12.1 Å². The molecule has 0 aliphatic heterocycles. The van der Waals surface area contributed by atoms with Gasteiger partial charge in [0.2, 0.25) is 0 Å². The van der Waals surface area contributed by atoms with Crippen molar-refractivity contribution in [2.24, 2.45) is 17.8 Å². The predicted octanol–water partition coefficient (Wildman–Crippen LogP) is 8.43. The van der Waals surface area contributed by atoms with Gasteiger partial charge >= 0.3 is 0 Å². The van der Waals surface area contributed by atoms with E-state index in [1.165, 1.54) is 38.5 Å². The molecule has 1 saturated carbocycles. The summed E-state index contributed by atoms with van der Waals surface area (Å²) < 4.78 is 29.3. The Hall–Kier alpha value is -1.70. The highest BCUT2D eigenvalue weighted by Crippen LogP contribution is 2.34. The van der Waals surface area contributed by atoms with Gasteiger partial charge in [0.15, 0.2) is 11.6 Å². The molecule has 2 aliphatic carbocycles. The van der Waals surface area contributed by atoms with Crippen LogP contribution in [-0.4, -0.2) is 0 Å². The standard InChI is InChI=1S/C27H36F2/c1-3-7-21-10-12-22(13-11-21)8-5-6-9-24-18-19-25(27(29)26(24)28)23-16-14-20(4-2)15-17-23/h4-5,8,16,18-22H,2-3,6-7,9-15,17H2,1H3/b8-5+/t20?,21-,22-. The highest BCUT2D eigenvalue weighted by atomic mass is 19.2. The lowest BCUT2D eigenvalue weighted by atomic mass is 9.80. The molecule has 0 spiro atoms. The van der Waals surface area contributed by atoms with E-state index in [4.69, 9.17) is 0 Å². The van der Waals surface area contributed by atoms with Gasteiger partial charge in [-0.25, -0.2) is 8.78 Å². The summed E-state index contributed by atoms with van der Waals surface area (Å²) in [6, 6.07) is 3.55. The van der Waals surface area contributed by atoms with E-state index in [1.807, 2.05) is 12.2 Å². The molecule has 0 nitrogen and oxygen atoms in total. The van der Waals surface area contributed by atoms with E-state index in [9.17, 15) is 8.78 Å². The maximum Gasteiger partial charge on any atom is 0.166 e. The van der Waals surface area contributed by atoms with E-state index in [2.05, 4.69) is 25.7 Å². The largest absolute Gasteiger partial charge is 0.203 e. The van der Waals surface area contributed by atoms with Crippen LogP contribution in [-0.2, 0) is 6.42 Å². The molecule has 0 amide bonds. The summed E-state index contributed by atoms with van der Waals surface area (Å²) >= 11 is 0. The molecule has 0 bridgehead atoms. The fourth-order valence-corrected chi connectivity index (χ4v) is 4.95. The summed E-state index contributed by atoms with van der Waals surface area (Å²) in [5.74, 6) is 0.707. The lowest BCUT2D eigenvalue weighted by Crippen LogP contribution is -2.12. The molecule has 29 heavy (non-hydrogen) atoms. The summed E-state index contributed by atoms with van der Waals surface area (Å²) in [6.07, 6.45) is 20.3. The highest BCUT2D eigenvalue weighted by Gasteiger charge is 2.20. The molecule has 0 N–H and O–H groups in total. The van der Waals surface area contributed by atoms with Crippen molar-refractivity contribution >= 4 is 5.57 Å². The number of hydrogen-bond donors (Lipinski definition) is 0. The number of benzene rings is 1. The molecule has 0 aromatic heterocycles. The molecule has 2 heteroatoms.